The summed E-state index contributed by atoms with van der Waals surface area (Å²) in [7, 11) is 0. The van der Waals surface area contributed by atoms with Crippen molar-refractivity contribution in [3.8, 4) is 11.4 Å². The fourth-order valence-electron chi connectivity index (χ4n) is 3.01. The molecule has 1 aliphatic carbocycles. The number of pyridine rings is 1. The van der Waals surface area contributed by atoms with Crippen LogP contribution in [0, 0.1) is 5.92 Å². The van der Waals surface area contributed by atoms with Gasteiger partial charge in [-0.15, -0.1) is 10.2 Å². The molecular formula is C15H18N6O. The third-order valence-electron chi connectivity index (χ3n) is 4.35. The average molecular weight is 298 g/mol. The van der Waals surface area contributed by atoms with Crippen molar-refractivity contribution in [3.05, 3.63) is 24.5 Å². The van der Waals surface area contributed by atoms with Crippen molar-refractivity contribution in [1.29, 1.82) is 0 Å². The third-order valence-corrected chi connectivity index (χ3v) is 4.35. The van der Waals surface area contributed by atoms with Crippen LogP contribution in [0.1, 0.15) is 25.7 Å². The summed E-state index contributed by atoms with van der Waals surface area (Å²) in [5, 5.41) is 12.7. The second-order valence-electron chi connectivity index (χ2n) is 6.01. The van der Waals surface area contributed by atoms with Crippen LogP contribution in [0.3, 0.4) is 0 Å². The van der Waals surface area contributed by atoms with Gasteiger partial charge >= 0.3 is 0 Å². The van der Waals surface area contributed by atoms with Gasteiger partial charge in [-0.25, -0.2) is 0 Å². The molecule has 2 aliphatic rings. The van der Waals surface area contributed by atoms with E-state index in [1.54, 1.807) is 17.2 Å². The summed E-state index contributed by atoms with van der Waals surface area (Å²) in [6.45, 7) is 1.49. The van der Waals surface area contributed by atoms with E-state index in [1.165, 1.54) is 0 Å². The van der Waals surface area contributed by atoms with Crippen molar-refractivity contribution in [3.63, 3.8) is 0 Å². The van der Waals surface area contributed by atoms with Gasteiger partial charge in [-0.3, -0.25) is 9.78 Å². The van der Waals surface area contributed by atoms with E-state index in [0.717, 1.165) is 37.8 Å². The number of carbonyl (C=O) groups excluding carboxylic acids is 1. The van der Waals surface area contributed by atoms with Crippen molar-refractivity contribution in [2.24, 2.45) is 5.92 Å². The molecular weight excluding hydrogens is 280 g/mol. The summed E-state index contributed by atoms with van der Waals surface area (Å²) in [5.41, 5.74) is 0.901. The fourth-order valence-corrected chi connectivity index (χ4v) is 3.01. The Balaban J connectivity index is 1.47. The zero-order valence-electron chi connectivity index (χ0n) is 12.3. The Morgan fingerprint density at radius 1 is 1.23 bits per heavy atom. The summed E-state index contributed by atoms with van der Waals surface area (Å²) in [6, 6.07) is 3.92. The minimum absolute atomic E-state index is 0.201. The van der Waals surface area contributed by atoms with Gasteiger partial charge in [0.15, 0.2) is 0 Å². The maximum absolute atomic E-state index is 12.3. The molecule has 0 N–H and O–H groups in total. The summed E-state index contributed by atoms with van der Waals surface area (Å²) >= 11 is 0. The summed E-state index contributed by atoms with van der Waals surface area (Å²) in [4.78, 5) is 19.9. The lowest BCUT2D eigenvalue weighted by Gasteiger charge is -2.24. The van der Waals surface area contributed by atoms with Gasteiger partial charge in [-0.05, 0) is 43.0 Å². The van der Waals surface area contributed by atoms with Crippen LogP contribution in [0.4, 0.5) is 0 Å². The van der Waals surface area contributed by atoms with Crippen molar-refractivity contribution in [1.82, 2.24) is 30.1 Å². The molecule has 1 aliphatic heterocycles. The molecule has 0 aromatic carbocycles. The van der Waals surface area contributed by atoms with E-state index < -0.39 is 0 Å². The van der Waals surface area contributed by atoms with Gasteiger partial charge in [0, 0.05) is 30.4 Å². The largest absolute Gasteiger partial charge is 0.338 e. The van der Waals surface area contributed by atoms with Crippen molar-refractivity contribution >= 4 is 5.91 Å². The molecule has 0 bridgehead atoms. The second kappa shape index (κ2) is 5.47. The summed E-state index contributed by atoms with van der Waals surface area (Å²) < 4.78 is 0. The van der Waals surface area contributed by atoms with Crippen molar-refractivity contribution < 1.29 is 4.79 Å². The predicted molar refractivity (Wildman–Crippen MR) is 78.5 cm³/mol. The molecule has 0 radical (unpaired) electrons. The lowest BCUT2D eigenvalue weighted by atomic mass is 10.2. The van der Waals surface area contributed by atoms with E-state index in [9.17, 15) is 4.79 Å². The first-order chi connectivity index (χ1) is 10.8. The molecule has 1 saturated heterocycles. The van der Waals surface area contributed by atoms with Crippen molar-refractivity contribution in [2.45, 2.75) is 38.3 Å². The topological polar surface area (TPSA) is 76.8 Å². The van der Waals surface area contributed by atoms with Crippen molar-refractivity contribution in [2.75, 3.05) is 6.54 Å². The number of aromatic nitrogens is 5. The first kappa shape index (κ1) is 13.4. The van der Waals surface area contributed by atoms with Gasteiger partial charge in [-0.2, -0.15) is 4.80 Å². The van der Waals surface area contributed by atoms with Gasteiger partial charge < -0.3 is 4.90 Å². The molecule has 3 heterocycles. The summed E-state index contributed by atoms with van der Waals surface area (Å²) in [5.74, 6) is 1.19. The van der Waals surface area contributed by atoms with E-state index in [-0.39, 0.29) is 12.0 Å². The lowest BCUT2D eigenvalue weighted by Crippen LogP contribution is -2.39. The van der Waals surface area contributed by atoms with Crippen LogP contribution in [-0.2, 0) is 11.3 Å². The fraction of sp³-hybridized carbons (Fsp3) is 0.533. The molecule has 1 amide bonds. The van der Waals surface area contributed by atoms with Crippen LogP contribution >= 0.6 is 0 Å². The first-order valence-corrected chi connectivity index (χ1v) is 7.80. The molecule has 2 aromatic heterocycles. The van der Waals surface area contributed by atoms with Crippen LogP contribution in [0.2, 0.25) is 0 Å². The van der Waals surface area contributed by atoms with Crippen LogP contribution in [0.15, 0.2) is 24.5 Å². The predicted octanol–water partition coefficient (Wildman–Crippen LogP) is 1.14. The van der Waals surface area contributed by atoms with E-state index in [0.29, 0.717) is 18.3 Å². The molecule has 2 aromatic rings. The molecule has 7 nitrogen and oxygen atoms in total. The lowest BCUT2D eigenvalue weighted by molar-refractivity contribution is -0.133. The number of rotatable bonds is 4. The summed E-state index contributed by atoms with van der Waals surface area (Å²) in [6.07, 6.45) is 7.61. The van der Waals surface area contributed by atoms with E-state index >= 15 is 0 Å². The van der Waals surface area contributed by atoms with E-state index in [4.69, 9.17) is 0 Å². The molecule has 7 heteroatoms. The molecule has 2 fully saturated rings. The molecule has 4 rings (SSSR count). The highest BCUT2D eigenvalue weighted by atomic mass is 16.2. The molecule has 1 saturated carbocycles. The quantitative estimate of drug-likeness (QED) is 0.846. The maximum Gasteiger partial charge on any atom is 0.225 e. The van der Waals surface area contributed by atoms with Gasteiger partial charge in [0.1, 0.15) is 0 Å². The Labute approximate surface area is 128 Å². The number of likely N-dealkylation sites (tertiary alicyclic amines) is 1. The van der Waals surface area contributed by atoms with Gasteiger partial charge in [0.25, 0.3) is 0 Å². The number of tetrazole rings is 1. The first-order valence-electron chi connectivity index (χ1n) is 7.80. The van der Waals surface area contributed by atoms with Gasteiger partial charge in [0.05, 0.1) is 12.6 Å². The Hall–Kier alpha value is -2.31. The number of hydrogen-bond donors (Lipinski definition) is 0. The minimum atomic E-state index is 0.201. The average Bonchev–Trinajstić information content (AvgIpc) is 3.13. The Morgan fingerprint density at radius 2 is 2.05 bits per heavy atom. The monoisotopic (exact) mass is 298 g/mol. The highest BCUT2D eigenvalue weighted by Crippen LogP contribution is 2.33. The Bertz CT molecular complexity index is 666. The molecule has 1 unspecified atom stereocenters. The normalized spacial score (nSPS) is 21.3. The Morgan fingerprint density at radius 3 is 2.82 bits per heavy atom. The molecule has 1 atom stereocenters. The maximum atomic E-state index is 12.3. The smallest absolute Gasteiger partial charge is 0.225 e. The highest BCUT2D eigenvalue weighted by Gasteiger charge is 2.38. The molecule has 0 spiro atoms. The number of hydrogen-bond acceptors (Lipinski definition) is 5. The molecule has 22 heavy (non-hydrogen) atoms. The number of amides is 1. The minimum Gasteiger partial charge on any atom is -0.338 e. The van der Waals surface area contributed by atoms with Gasteiger partial charge in [0.2, 0.25) is 11.7 Å². The van der Waals surface area contributed by atoms with Crippen LogP contribution in [0.5, 0.6) is 0 Å². The standard InChI is InChI=1S/C15H18N6O/c22-15(12-3-4-12)20-9-1-2-13(20)10-21-18-14(17-19-21)11-5-7-16-8-6-11/h5-8,12-13H,1-4,9-10H2. The van der Waals surface area contributed by atoms with E-state index in [1.807, 2.05) is 17.0 Å². The highest BCUT2D eigenvalue weighted by molar-refractivity contribution is 5.81. The second-order valence-corrected chi connectivity index (χ2v) is 6.01. The van der Waals surface area contributed by atoms with Crippen LogP contribution in [-0.4, -0.2) is 48.6 Å². The number of nitrogens with zero attached hydrogens (tertiary/aromatic N) is 6. The SMILES string of the molecule is O=C(C1CC1)N1CCCC1Cn1nnc(-c2ccncc2)n1. The number of carbonyl (C=O) groups is 1. The third kappa shape index (κ3) is 2.58. The van der Waals surface area contributed by atoms with E-state index in [2.05, 4.69) is 20.4 Å². The zero-order chi connectivity index (χ0) is 14.9. The van der Waals surface area contributed by atoms with Crippen LogP contribution < -0.4 is 0 Å². The van der Waals surface area contributed by atoms with Gasteiger partial charge in [-0.1, -0.05) is 0 Å². The Kier molecular flexibility index (Phi) is 3.32. The molecule has 114 valence electrons. The zero-order valence-corrected chi connectivity index (χ0v) is 12.3. The van der Waals surface area contributed by atoms with Crippen LogP contribution in [0.25, 0.3) is 11.4 Å².